The number of hydrogen-bond acceptors (Lipinski definition) is 1. The predicted octanol–water partition coefficient (Wildman–Crippen LogP) is 4.33. The van der Waals surface area contributed by atoms with Crippen molar-refractivity contribution in [2.75, 3.05) is 11.9 Å². The summed E-state index contributed by atoms with van der Waals surface area (Å²) in [6, 6.07) is 13.4. The van der Waals surface area contributed by atoms with Gasteiger partial charge in [-0.15, -0.1) is 0 Å². The molecule has 0 spiro atoms. The van der Waals surface area contributed by atoms with Crippen molar-refractivity contribution >= 4 is 5.69 Å². The van der Waals surface area contributed by atoms with Crippen molar-refractivity contribution in [2.45, 2.75) is 26.7 Å². The summed E-state index contributed by atoms with van der Waals surface area (Å²) in [5.41, 5.74) is 8.14. The molecule has 0 aliphatic carbocycles. The molecule has 3 rings (SSSR count). The largest absolute Gasteiger partial charge is 0.384 e. The third-order valence-electron chi connectivity index (χ3n) is 3.61. The summed E-state index contributed by atoms with van der Waals surface area (Å²) >= 11 is 0. The van der Waals surface area contributed by atoms with Gasteiger partial charge in [-0.3, -0.25) is 0 Å². The molecule has 0 atom stereocenters. The van der Waals surface area contributed by atoms with E-state index in [0.29, 0.717) is 0 Å². The van der Waals surface area contributed by atoms with Crippen LogP contribution in [0.15, 0.2) is 36.4 Å². The van der Waals surface area contributed by atoms with Gasteiger partial charge < -0.3 is 5.32 Å². The minimum Gasteiger partial charge on any atom is -0.384 e. The Morgan fingerprint density at radius 3 is 2.56 bits per heavy atom. The number of anilines is 1. The number of nitrogens with one attached hydrogen (secondary N) is 1. The van der Waals surface area contributed by atoms with Gasteiger partial charge in [0.2, 0.25) is 0 Å². The molecule has 0 amide bonds. The third kappa shape index (κ3) is 2.01. The number of benzene rings is 2. The summed E-state index contributed by atoms with van der Waals surface area (Å²) in [4.78, 5) is 0. The Morgan fingerprint density at radius 1 is 1.00 bits per heavy atom. The number of fused-ring (bicyclic) bond motifs is 1. The topological polar surface area (TPSA) is 12.0 Å². The first-order valence-corrected chi connectivity index (χ1v) is 6.68. The zero-order valence-electron chi connectivity index (χ0n) is 11.1. The van der Waals surface area contributed by atoms with E-state index in [1.165, 1.54) is 46.3 Å². The normalized spacial score (nSPS) is 13.9. The van der Waals surface area contributed by atoms with Gasteiger partial charge in [-0.2, -0.15) is 0 Å². The van der Waals surface area contributed by atoms with Crippen LogP contribution in [-0.2, 0) is 6.42 Å². The van der Waals surface area contributed by atoms with Crippen LogP contribution in [0.4, 0.5) is 5.69 Å². The van der Waals surface area contributed by atoms with Crippen LogP contribution in [0.1, 0.15) is 23.1 Å². The van der Waals surface area contributed by atoms with Gasteiger partial charge in [0.15, 0.2) is 0 Å². The van der Waals surface area contributed by atoms with Crippen molar-refractivity contribution in [3.8, 4) is 11.1 Å². The number of hydrogen-bond donors (Lipinski definition) is 1. The molecule has 2 aromatic carbocycles. The van der Waals surface area contributed by atoms with E-state index in [4.69, 9.17) is 0 Å². The predicted molar refractivity (Wildman–Crippen MR) is 78.2 cm³/mol. The fourth-order valence-corrected chi connectivity index (χ4v) is 2.88. The quantitative estimate of drug-likeness (QED) is 0.778. The van der Waals surface area contributed by atoms with Crippen LogP contribution in [0.2, 0.25) is 0 Å². The van der Waals surface area contributed by atoms with Crippen LogP contribution in [0, 0.1) is 13.8 Å². The van der Waals surface area contributed by atoms with E-state index in [-0.39, 0.29) is 0 Å². The molecule has 1 N–H and O–H groups in total. The highest BCUT2D eigenvalue weighted by Crippen LogP contribution is 2.34. The zero-order chi connectivity index (χ0) is 12.5. The van der Waals surface area contributed by atoms with Crippen LogP contribution < -0.4 is 5.32 Å². The highest BCUT2D eigenvalue weighted by Gasteiger charge is 2.13. The summed E-state index contributed by atoms with van der Waals surface area (Å²) in [5.74, 6) is 0. The van der Waals surface area contributed by atoms with Gasteiger partial charge in [-0.1, -0.05) is 47.5 Å². The molecule has 0 saturated heterocycles. The van der Waals surface area contributed by atoms with Crippen molar-refractivity contribution < 1.29 is 0 Å². The lowest BCUT2D eigenvalue weighted by molar-refractivity contribution is 0.831. The van der Waals surface area contributed by atoms with Gasteiger partial charge in [0, 0.05) is 17.8 Å². The monoisotopic (exact) mass is 237 g/mol. The van der Waals surface area contributed by atoms with E-state index in [2.05, 4.69) is 55.6 Å². The van der Waals surface area contributed by atoms with Crippen molar-refractivity contribution in [2.24, 2.45) is 0 Å². The highest BCUT2D eigenvalue weighted by molar-refractivity contribution is 5.81. The lowest BCUT2D eigenvalue weighted by Crippen LogP contribution is -2.12. The van der Waals surface area contributed by atoms with Gasteiger partial charge in [0.05, 0.1) is 0 Å². The van der Waals surface area contributed by atoms with Gasteiger partial charge in [-0.05, 0) is 37.8 Å². The summed E-state index contributed by atoms with van der Waals surface area (Å²) in [6.45, 7) is 5.42. The molecule has 0 saturated carbocycles. The Hall–Kier alpha value is -1.76. The maximum atomic E-state index is 3.57. The Labute approximate surface area is 109 Å². The van der Waals surface area contributed by atoms with Crippen LogP contribution in [0.5, 0.6) is 0 Å². The molecular weight excluding hydrogens is 218 g/mol. The van der Waals surface area contributed by atoms with Crippen molar-refractivity contribution in [3.63, 3.8) is 0 Å². The molecule has 1 aliphatic rings. The lowest BCUT2D eigenvalue weighted by atomic mass is 9.94. The molecule has 0 fully saturated rings. The summed E-state index contributed by atoms with van der Waals surface area (Å²) in [7, 11) is 0. The summed E-state index contributed by atoms with van der Waals surface area (Å²) in [5, 5.41) is 3.57. The number of aryl methyl sites for hydroxylation is 3. The Balaban J connectivity index is 2.16. The first-order valence-electron chi connectivity index (χ1n) is 6.68. The average Bonchev–Trinajstić information content (AvgIpc) is 2.37. The third-order valence-corrected chi connectivity index (χ3v) is 3.61. The minimum absolute atomic E-state index is 1.09. The Bertz CT molecular complexity index is 564. The van der Waals surface area contributed by atoms with Gasteiger partial charge >= 0.3 is 0 Å². The molecule has 0 aromatic heterocycles. The fourth-order valence-electron chi connectivity index (χ4n) is 2.88. The molecule has 92 valence electrons. The van der Waals surface area contributed by atoms with Gasteiger partial charge in [0.25, 0.3) is 0 Å². The first kappa shape index (κ1) is 11.3. The van der Waals surface area contributed by atoms with Crippen molar-refractivity contribution in [3.05, 3.63) is 53.1 Å². The summed E-state index contributed by atoms with van der Waals surface area (Å²) < 4.78 is 0. The van der Waals surface area contributed by atoms with Crippen molar-refractivity contribution in [1.82, 2.24) is 0 Å². The molecular formula is C17H19N. The Morgan fingerprint density at radius 2 is 1.78 bits per heavy atom. The Kier molecular flexibility index (Phi) is 2.83. The SMILES string of the molecule is Cc1cc(C)cc(-c2cccc3c2NCCC3)c1. The molecule has 1 aliphatic heterocycles. The molecule has 0 unspecified atom stereocenters. The maximum absolute atomic E-state index is 3.57. The molecule has 18 heavy (non-hydrogen) atoms. The number of para-hydroxylation sites is 1. The maximum Gasteiger partial charge on any atom is 0.0452 e. The van der Waals surface area contributed by atoms with Gasteiger partial charge in [0.1, 0.15) is 0 Å². The van der Waals surface area contributed by atoms with Crippen LogP contribution in [-0.4, -0.2) is 6.54 Å². The fraction of sp³-hybridized carbons (Fsp3) is 0.294. The van der Waals surface area contributed by atoms with E-state index >= 15 is 0 Å². The van der Waals surface area contributed by atoms with Crippen LogP contribution in [0.25, 0.3) is 11.1 Å². The molecule has 0 bridgehead atoms. The van der Waals surface area contributed by atoms with Gasteiger partial charge in [-0.25, -0.2) is 0 Å². The second-order valence-electron chi connectivity index (χ2n) is 5.25. The lowest BCUT2D eigenvalue weighted by Gasteiger charge is -2.21. The van der Waals surface area contributed by atoms with E-state index < -0.39 is 0 Å². The molecule has 2 aromatic rings. The minimum atomic E-state index is 1.09. The van der Waals surface area contributed by atoms with Crippen molar-refractivity contribution in [1.29, 1.82) is 0 Å². The molecule has 0 radical (unpaired) electrons. The smallest absolute Gasteiger partial charge is 0.0452 e. The van der Waals surface area contributed by atoms with Crippen LogP contribution in [0.3, 0.4) is 0 Å². The molecule has 1 heterocycles. The highest BCUT2D eigenvalue weighted by atomic mass is 14.9. The van der Waals surface area contributed by atoms with E-state index in [9.17, 15) is 0 Å². The van der Waals surface area contributed by atoms with E-state index in [1.54, 1.807) is 0 Å². The number of rotatable bonds is 1. The van der Waals surface area contributed by atoms with E-state index in [1.807, 2.05) is 0 Å². The standard InChI is InChI=1S/C17H19N/c1-12-9-13(2)11-15(10-12)16-7-3-5-14-6-4-8-18-17(14)16/h3,5,7,9-11,18H,4,6,8H2,1-2H3. The van der Waals surface area contributed by atoms with E-state index in [0.717, 1.165) is 6.54 Å². The second-order valence-corrected chi connectivity index (χ2v) is 5.25. The summed E-state index contributed by atoms with van der Waals surface area (Å²) in [6.07, 6.45) is 2.43. The average molecular weight is 237 g/mol. The molecule has 1 nitrogen and oxygen atoms in total. The first-order chi connectivity index (χ1) is 8.74. The molecule has 1 heteroatoms. The zero-order valence-corrected chi connectivity index (χ0v) is 11.1. The van der Waals surface area contributed by atoms with Crippen LogP contribution >= 0.6 is 0 Å². The second kappa shape index (κ2) is 4.49.